The fourth-order valence-electron chi connectivity index (χ4n) is 0.642. The van der Waals surface area contributed by atoms with Crippen LogP contribution in [0.3, 0.4) is 0 Å². The summed E-state index contributed by atoms with van der Waals surface area (Å²) in [6.07, 6.45) is 1.89. The van der Waals surface area contributed by atoms with E-state index in [1.54, 1.807) is 0 Å². The molecule has 0 aliphatic carbocycles. The number of aliphatic hydroxyl groups is 1. The largest absolute Gasteiger partial charge is 0.393 e. The Morgan fingerprint density at radius 3 is 1.89 bits per heavy atom. The summed E-state index contributed by atoms with van der Waals surface area (Å²) < 4.78 is 0. The van der Waals surface area contributed by atoms with Crippen molar-refractivity contribution in [1.29, 1.82) is 0 Å². The Balaban J connectivity index is 3.28. The van der Waals surface area contributed by atoms with Crippen LogP contribution in [0.15, 0.2) is 0 Å². The molecule has 9 heavy (non-hydrogen) atoms. The van der Waals surface area contributed by atoms with E-state index >= 15 is 0 Å². The van der Waals surface area contributed by atoms with Gasteiger partial charge in [0.05, 0.1) is 6.10 Å². The Hall–Kier alpha value is -0.0400. The molecule has 1 heteroatoms. The Morgan fingerprint density at radius 1 is 1.33 bits per heavy atom. The van der Waals surface area contributed by atoms with Gasteiger partial charge in [0.2, 0.25) is 0 Å². The van der Waals surface area contributed by atoms with Gasteiger partial charge >= 0.3 is 0 Å². The summed E-state index contributed by atoms with van der Waals surface area (Å²) in [5.41, 5.74) is 0.372. The first-order valence-corrected chi connectivity index (χ1v) is 3.60. The summed E-state index contributed by atoms with van der Waals surface area (Å²) in [4.78, 5) is 0. The van der Waals surface area contributed by atoms with Crippen LogP contribution in [-0.2, 0) is 0 Å². The van der Waals surface area contributed by atoms with Crippen LogP contribution in [0.25, 0.3) is 0 Å². The summed E-state index contributed by atoms with van der Waals surface area (Å²) in [7, 11) is 0. The van der Waals surface area contributed by atoms with Crippen LogP contribution in [0.1, 0.15) is 40.5 Å². The Labute approximate surface area is 58.1 Å². The lowest BCUT2D eigenvalue weighted by atomic mass is 9.89. The van der Waals surface area contributed by atoms with E-state index in [0.717, 1.165) is 12.8 Å². The fourth-order valence-corrected chi connectivity index (χ4v) is 0.642. The van der Waals surface area contributed by atoms with Gasteiger partial charge in [-0.15, -0.1) is 0 Å². The first-order valence-electron chi connectivity index (χ1n) is 3.60. The third-order valence-electron chi connectivity index (χ3n) is 1.31. The Morgan fingerprint density at radius 2 is 1.78 bits per heavy atom. The molecule has 1 unspecified atom stereocenters. The second-order valence-electron chi connectivity index (χ2n) is 3.95. The molecule has 0 aliphatic rings. The second-order valence-corrected chi connectivity index (χ2v) is 3.95. The summed E-state index contributed by atoms with van der Waals surface area (Å²) in [6.45, 7) is 8.41. The maximum Gasteiger partial charge on any atom is 0.0512 e. The van der Waals surface area contributed by atoms with Crippen molar-refractivity contribution in [3.05, 3.63) is 0 Å². The zero-order valence-electron chi connectivity index (χ0n) is 6.94. The number of aliphatic hydroxyl groups excluding tert-OH is 1. The minimum absolute atomic E-state index is 0.135. The second kappa shape index (κ2) is 3.21. The van der Waals surface area contributed by atoms with Gasteiger partial charge in [0, 0.05) is 0 Å². The van der Waals surface area contributed by atoms with Crippen molar-refractivity contribution in [3.8, 4) is 0 Å². The molecule has 0 amide bonds. The topological polar surface area (TPSA) is 20.2 Å². The van der Waals surface area contributed by atoms with Crippen LogP contribution < -0.4 is 0 Å². The summed E-state index contributed by atoms with van der Waals surface area (Å²) in [5, 5.41) is 8.92. The van der Waals surface area contributed by atoms with Gasteiger partial charge in [0.1, 0.15) is 0 Å². The third-order valence-corrected chi connectivity index (χ3v) is 1.31. The predicted molar refractivity (Wildman–Crippen MR) is 40.4 cm³/mol. The van der Waals surface area contributed by atoms with E-state index in [-0.39, 0.29) is 6.10 Å². The zero-order chi connectivity index (χ0) is 7.49. The Bertz CT molecular complexity index is 69.1. The minimum atomic E-state index is -0.135. The van der Waals surface area contributed by atoms with E-state index in [2.05, 4.69) is 20.8 Å². The molecular weight excluding hydrogens is 112 g/mol. The SMILES string of the molecule is CC(O)CCC(C)(C)C. The molecule has 1 nitrogen and oxygen atoms in total. The molecule has 0 saturated heterocycles. The lowest BCUT2D eigenvalue weighted by Crippen LogP contribution is -2.09. The van der Waals surface area contributed by atoms with Crippen LogP contribution in [0.4, 0.5) is 0 Å². The van der Waals surface area contributed by atoms with E-state index in [1.165, 1.54) is 0 Å². The average Bonchev–Trinajstić information content (AvgIpc) is 1.59. The standard InChI is InChI=1S/C8H18O/c1-7(9)5-6-8(2,3)4/h7,9H,5-6H2,1-4H3. The lowest BCUT2D eigenvalue weighted by molar-refractivity contribution is 0.163. The highest BCUT2D eigenvalue weighted by Gasteiger charge is 2.10. The van der Waals surface area contributed by atoms with Crippen LogP contribution >= 0.6 is 0 Å². The molecule has 0 aromatic rings. The highest BCUT2D eigenvalue weighted by molar-refractivity contribution is 4.62. The molecule has 0 spiro atoms. The quantitative estimate of drug-likeness (QED) is 0.607. The van der Waals surface area contributed by atoms with Gasteiger partial charge in [-0.2, -0.15) is 0 Å². The van der Waals surface area contributed by atoms with Gasteiger partial charge in [-0.1, -0.05) is 20.8 Å². The molecule has 0 bridgehead atoms. The normalized spacial score (nSPS) is 15.7. The van der Waals surface area contributed by atoms with Crippen molar-refractivity contribution in [2.75, 3.05) is 0 Å². The zero-order valence-corrected chi connectivity index (χ0v) is 6.94. The van der Waals surface area contributed by atoms with E-state index in [0.29, 0.717) is 5.41 Å². The minimum Gasteiger partial charge on any atom is -0.393 e. The molecule has 0 heterocycles. The van der Waals surface area contributed by atoms with Crippen molar-refractivity contribution in [3.63, 3.8) is 0 Å². The first-order chi connectivity index (χ1) is 3.92. The van der Waals surface area contributed by atoms with Crippen molar-refractivity contribution >= 4 is 0 Å². The molecule has 1 atom stereocenters. The summed E-state index contributed by atoms with van der Waals surface area (Å²) >= 11 is 0. The van der Waals surface area contributed by atoms with Gasteiger partial charge in [-0.05, 0) is 25.2 Å². The molecule has 0 rings (SSSR count). The smallest absolute Gasteiger partial charge is 0.0512 e. The van der Waals surface area contributed by atoms with Crippen LogP contribution in [0.2, 0.25) is 0 Å². The van der Waals surface area contributed by atoms with Crippen LogP contribution in [-0.4, -0.2) is 11.2 Å². The van der Waals surface area contributed by atoms with Gasteiger partial charge in [-0.3, -0.25) is 0 Å². The van der Waals surface area contributed by atoms with Gasteiger partial charge in [0.25, 0.3) is 0 Å². The number of hydrogen-bond donors (Lipinski definition) is 1. The highest BCUT2D eigenvalue weighted by Crippen LogP contribution is 2.21. The van der Waals surface area contributed by atoms with E-state index in [1.807, 2.05) is 6.92 Å². The van der Waals surface area contributed by atoms with E-state index in [9.17, 15) is 0 Å². The van der Waals surface area contributed by atoms with E-state index < -0.39 is 0 Å². The number of rotatable bonds is 2. The maximum atomic E-state index is 8.92. The first kappa shape index (κ1) is 8.96. The summed E-state index contributed by atoms with van der Waals surface area (Å²) in [5.74, 6) is 0. The van der Waals surface area contributed by atoms with Gasteiger partial charge in [-0.25, -0.2) is 0 Å². The van der Waals surface area contributed by atoms with Crippen LogP contribution in [0, 0.1) is 5.41 Å². The molecule has 0 fully saturated rings. The molecule has 0 radical (unpaired) electrons. The summed E-state index contributed by atoms with van der Waals surface area (Å²) in [6, 6.07) is 0. The predicted octanol–water partition coefficient (Wildman–Crippen LogP) is 2.19. The monoisotopic (exact) mass is 130 g/mol. The molecule has 0 aromatic carbocycles. The molecule has 0 aromatic heterocycles. The van der Waals surface area contributed by atoms with Gasteiger partial charge < -0.3 is 5.11 Å². The fraction of sp³-hybridized carbons (Fsp3) is 1.00. The highest BCUT2D eigenvalue weighted by atomic mass is 16.3. The molecule has 56 valence electrons. The van der Waals surface area contributed by atoms with Crippen molar-refractivity contribution in [2.45, 2.75) is 46.6 Å². The molecule has 0 aliphatic heterocycles. The molecule has 0 saturated carbocycles. The van der Waals surface area contributed by atoms with Crippen molar-refractivity contribution in [1.82, 2.24) is 0 Å². The number of hydrogen-bond acceptors (Lipinski definition) is 1. The maximum absolute atomic E-state index is 8.92. The van der Waals surface area contributed by atoms with Crippen molar-refractivity contribution in [2.24, 2.45) is 5.41 Å². The average molecular weight is 130 g/mol. The van der Waals surface area contributed by atoms with Gasteiger partial charge in [0.15, 0.2) is 0 Å². The van der Waals surface area contributed by atoms with Crippen LogP contribution in [0.5, 0.6) is 0 Å². The van der Waals surface area contributed by atoms with E-state index in [4.69, 9.17) is 5.11 Å². The Kier molecular flexibility index (Phi) is 3.20. The third kappa shape index (κ3) is 7.96. The lowest BCUT2D eigenvalue weighted by Gasteiger charge is -2.18. The van der Waals surface area contributed by atoms with Crippen molar-refractivity contribution < 1.29 is 5.11 Å². The molecular formula is C8H18O. The molecule has 1 N–H and O–H groups in total.